The zero-order chi connectivity index (χ0) is 16.3. The van der Waals surface area contributed by atoms with Crippen molar-refractivity contribution in [1.29, 1.82) is 0 Å². The summed E-state index contributed by atoms with van der Waals surface area (Å²) in [5.74, 6) is 1.09. The molecule has 7 nitrogen and oxygen atoms in total. The zero-order valence-electron chi connectivity index (χ0n) is 12.3. The van der Waals surface area contributed by atoms with E-state index in [1.165, 1.54) is 12.1 Å². The molecule has 0 saturated heterocycles. The van der Waals surface area contributed by atoms with Crippen molar-refractivity contribution in [2.75, 3.05) is 6.26 Å². The van der Waals surface area contributed by atoms with Gasteiger partial charge in [0.05, 0.1) is 10.6 Å². The maximum Gasteiger partial charge on any atom is 0.194 e. The maximum absolute atomic E-state index is 11.4. The van der Waals surface area contributed by atoms with E-state index in [1.54, 1.807) is 16.8 Å². The molecular formula is C15H14N4O3S. The molecule has 0 spiro atoms. The fraction of sp³-hybridized carbons (Fsp3) is 0.133. The molecule has 8 heteroatoms. The monoisotopic (exact) mass is 330 g/mol. The van der Waals surface area contributed by atoms with Crippen LogP contribution in [0, 0.1) is 0 Å². The second-order valence-electron chi connectivity index (χ2n) is 4.87. The molecule has 2 aromatic carbocycles. The average molecular weight is 330 g/mol. The third kappa shape index (κ3) is 3.54. The van der Waals surface area contributed by atoms with E-state index in [0.717, 1.165) is 11.9 Å². The van der Waals surface area contributed by atoms with E-state index in [2.05, 4.69) is 15.5 Å². The van der Waals surface area contributed by atoms with Crippen molar-refractivity contribution in [2.24, 2.45) is 0 Å². The van der Waals surface area contributed by atoms with Gasteiger partial charge in [-0.2, -0.15) is 4.68 Å². The Morgan fingerprint density at radius 2 is 1.74 bits per heavy atom. The van der Waals surface area contributed by atoms with Crippen LogP contribution in [0.1, 0.15) is 5.82 Å². The van der Waals surface area contributed by atoms with Crippen LogP contribution < -0.4 is 4.74 Å². The summed E-state index contributed by atoms with van der Waals surface area (Å²) in [6, 6.07) is 15.7. The van der Waals surface area contributed by atoms with Crippen molar-refractivity contribution in [3.05, 3.63) is 60.4 Å². The van der Waals surface area contributed by atoms with Gasteiger partial charge in [-0.1, -0.05) is 18.2 Å². The molecule has 23 heavy (non-hydrogen) atoms. The number of tetrazole rings is 1. The van der Waals surface area contributed by atoms with Crippen LogP contribution in [0.3, 0.4) is 0 Å². The molecule has 0 N–H and O–H groups in total. The number of ether oxygens (including phenoxy) is 1. The van der Waals surface area contributed by atoms with Crippen LogP contribution in [-0.4, -0.2) is 34.9 Å². The van der Waals surface area contributed by atoms with Gasteiger partial charge in [0.15, 0.2) is 15.7 Å². The summed E-state index contributed by atoms with van der Waals surface area (Å²) < 4.78 is 30.0. The Hall–Kier alpha value is -2.74. The molecule has 0 atom stereocenters. The van der Waals surface area contributed by atoms with E-state index >= 15 is 0 Å². The van der Waals surface area contributed by atoms with E-state index in [9.17, 15) is 8.42 Å². The third-order valence-electron chi connectivity index (χ3n) is 3.15. The second-order valence-corrected chi connectivity index (χ2v) is 6.89. The molecule has 0 radical (unpaired) electrons. The quantitative estimate of drug-likeness (QED) is 0.707. The molecule has 0 aliphatic heterocycles. The summed E-state index contributed by atoms with van der Waals surface area (Å²) in [4.78, 5) is 0.249. The summed E-state index contributed by atoms with van der Waals surface area (Å²) in [6.45, 7) is 0.167. The van der Waals surface area contributed by atoms with Crippen LogP contribution in [0.5, 0.6) is 5.75 Å². The maximum atomic E-state index is 11.4. The van der Waals surface area contributed by atoms with Crippen LogP contribution >= 0.6 is 0 Å². The molecule has 0 fully saturated rings. The molecule has 3 aromatic rings. The van der Waals surface area contributed by atoms with Gasteiger partial charge in [-0.15, -0.1) is 5.10 Å². The van der Waals surface area contributed by atoms with E-state index in [1.807, 2.05) is 30.3 Å². The minimum Gasteiger partial charge on any atom is -0.486 e. The van der Waals surface area contributed by atoms with Gasteiger partial charge in [-0.3, -0.25) is 0 Å². The lowest BCUT2D eigenvalue weighted by molar-refractivity contribution is 0.292. The van der Waals surface area contributed by atoms with Crippen molar-refractivity contribution in [2.45, 2.75) is 11.5 Å². The smallest absolute Gasteiger partial charge is 0.194 e. The van der Waals surface area contributed by atoms with Gasteiger partial charge < -0.3 is 4.74 Å². The van der Waals surface area contributed by atoms with E-state index < -0.39 is 9.84 Å². The topological polar surface area (TPSA) is 87.0 Å². The van der Waals surface area contributed by atoms with Crippen LogP contribution in [-0.2, 0) is 16.4 Å². The molecule has 1 aromatic heterocycles. The minimum absolute atomic E-state index is 0.167. The Morgan fingerprint density at radius 1 is 1.04 bits per heavy atom. The fourth-order valence-electron chi connectivity index (χ4n) is 2.00. The normalized spacial score (nSPS) is 11.3. The highest BCUT2D eigenvalue weighted by molar-refractivity contribution is 7.90. The molecule has 0 amide bonds. The molecular weight excluding hydrogens is 316 g/mol. The first-order chi connectivity index (χ1) is 11.0. The van der Waals surface area contributed by atoms with E-state index in [4.69, 9.17) is 4.74 Å². The minimum atomic E-state index is -3.21. The highest BCUT2D eigenvalue weighted by Crippen LogP contribution is 2.17. The van der Waals surface area contributed by atoms with Crippen molar-refractivity contribution < 1.29 is 13.2 Å². The summed E-state index contributed by atoms with van der Waals surface area (Å²) in [7, 11) is -3.21. The number of benzene rings is 2. The number of para-hydroxylation sites is 1. The lowest BCUT2D eigenvalue weighted by Crippen LogP contribution is -2.07. The number of aromatic nitrogens is 4. The number of rotatable bonds is 5. The molecule has 118 valence electrons. The molecule has 1 heterocycles. The number of sulfone groups is 1. The number of hydrogen-bond donors (Lipinski definition) is 0. The van der Waals surface area contributed by atoms with Crippen molar-refractivity contribution >= 4 is 9.84 Å². The van der Waals surface area contributed by atoms with Gasteiger partial charge in [-0.25, -0.2) is 8.42 Å². The Morgan fingerprint density at radius 3 is 2.39 bits per heavy atom. The first-order valence-corrected chi connectivity index (χ1v) is 8.69. The van der Waals surface area contributed by atoms with E-state index in [0.29, 0.717) is 11.6 Å². The highest BCUT2D eigenvalue weighted by atomic mass is 32.2. The molecule has 0 unspecified atom stereocenters. The SMILES string of the molecule is CS(=O)(=O)c1ccc(OCc2nnnn2-c2ccccc2)cc1. The van der Waals surface area contributed by atoms with Gasteiger partial charge in [0.25, 0.3) is 0 Å². The summed E-state index contributed by atoms with van der Waals surface area (Å²) in [5.41, 5.74) is 0.837. The molecule has 3 rings (SSSR count). The first kappa shape index (κ1) is 15.2. The standard InChI is InChI=1S/C15H14N4O3S/c1-23(20,21)14-9-7-13(8-10-14)22-11-15-16-17-18-19(15)12-5-3-2-4-6-12/h2-10H,11H2,1H3. The van der Waals surface area contributed by atoms with Crippen molar-refractivity contribution in [1.82, 2.24) is 20.2 Å². The Bertz CT molecular complexity index is 890. The third-order valence-corrected chi connectivity index (χ3v) is 4.28. The molecule has 0 bridgehead atoms. The fourth-order valence-corrected chi connectivity index (χ4v) is 2.63. The first-order valence-electron chi connectivity index (χ1n) is 6.79. The predicted octanol–water partition coefficient (Wildman–Crippen LogP) is 1.64. The lowest BCUT2D eigenvalue weighted by Gasteiger charge is -2.07. The Balaban J connectivity index is 1.74. The number of nitrogens with zero attached hydrogens (tertiary/aromatic N) is 4. The lowest BCUT2D eigenvalue weighted by atomic mass is 10.3. The van der Waals surface area contributed by atoms with Gasteiger partial charge >= 0.3 is 0 Å². The van der Waals surface area contributed by atoms with E-state index in [-0.39, 0.29) is 11.5 Å². The summed E-state index contributed by atoms with van der Waals surface area (Å²) in [6.07, 6.45) is 1.16. The molecule has 0 aliphatic rings. The van der Waals surface area contributed by atoms with Crippen LogP contribution in [0.25, 0.3) is 5.69 Å². The summed E-state index contributed by atoms with van der Waals surface area (Å²) >= 11 is 0. The predicted molar refractivity (Wildman–Crippen MR) is 83.0 cm³/mol. The van der Waals surface area contributed by atoms with Gasteiger partial charge in [0.1, 0.15) is 12.4 Å². The van der Waals surface area contributed by atoms with Crippen molar-refractivity contribution in [3.8, 4) is 11.4 Å². The van der Waals surface area contributed by atoms with Gasteiger partial charge in [0, 0.05) is 6.26 Å². The molecule has 0 saturated carbocycles. The summed E-state index contributed by atoms with van der Waals surface area (Å²) in [5, 5.41) is 11.5. The molecule has 0 aliphatic carbocycles. The van der Waals surface area contributed by atoms with Crippen LogP contribution in [0.2, 0.25) is 0 Å². The van der Waals surface area contributed by atoms with Gasteiger partial charge in [0.2, 0.25) is 0 Å². The largest absolute Gasteiger partial charge is 0.486 e. The number of hydrogen-bond acceptors (Lipinski definition) is 6. The van der Waals surface area contributed by atoms with Crippen LogP contribution in [0.15, 0.2) is 59.5 Å². The highest BCUT2D eigenvalue weighted by Gasteiger charge is 2.10. The zero-order valence-corrected chi connectivity index (χ0v) is 13.1. The Labute approximate surface area is 133 Å². The van der Waals surface area contributed by atoms with Gasteiger partial charge in [-0.05, 0) is 46.8 Å². The second kappa shape index (κ2) is 6.17. The van der Waals surface area contributed by atoms with Crippen molar-refractivity contribution in [3.63, 3.8) is 0 Å². The average Bonchev–Trinajstić information content (AvgIpc) is 3.02. The Kier molecular flexibility index (Phi) is 4.07. The van der Waals surface area contributed by atoms with Crippen LogP contribution in [0.4, 0.5) is 0 Å².